The van der Waals surface area contributed by atoms with Gasteiger partial charge in [-0.25, -0.2) is 0 Å². The van der Waals surface area contributed by atoms with E-state index in [2.05, 4.69) is 5.32 Å². The first-order valence-corrected chi connectivity index (χ1v) is 8.13. The van der Waals surface area contributed by atoms with Crippen LogP contribution in [0.2, 0.25) is 0 Å². The van der Waals surface area contributed by atoms with E-state index in [0.29, 0.717) is 31.6 Å². The number of aliphatic carboxylic acids is 1. The summed E-state index contributed by atoms with van der Waals surface area (Å²) in [5.41, 5.74) is 1.73. The number of carbonyl (C=O) groups excluding carboxylic acids is 1. The monoisotopic (exact) mass is 331 g/mol. The second-order valence-corrected chi connectivity index (χ2v) is 6.26. The minimum atomic E-state index is -0.887. The van der Waals surface area contributed by atoms with Crippen molar-refractivity contribution in [1.82, 2.24) is 5.32 Å². The molecule has 1 fully saturated rings. The van der Waals surface area contributed by atoms with E-state index in [-0.39, 0.29) is 24.1 Å². The maximum atomic E-state index is 12.3. The lowest BCUT2D eigenvalue weighted by Gasteiger charge is -2.27. The summed E-state index contributed by atoms with van der Waals surface area (Å²) < 4.78 is 10.8. The number of carboxylic acid groups (broad SMARTS) is 1. The number of hydrogen-bond donors (Lipinski definition) is 2. The highest BCUT2D eigenvalue weighted by Gasteiger charge is 2.30. The second kappa shape index (κ2) is 7.05. The van der Waals surface area contributed by atoms with Crippen LogP contribution in [0.5, 0.6) is 0 Å². The lowest BCUT2D eigenvalue weighted by molar-refractivity contribution is -0.144. The number of ether oxygens (including phenoxy) is 1. The first-order chi connectivity index (χ1) is 11.5. The summed E-state index contributed by atoms with van der Waals surface area (Å²) >= 11 is 0. The number of rotatable bonds is 5. The Morgan fingerprint density at radius 3 is 2.75 bits per heavy atom. The molecule has 6 heteroatoms. The molecule has 24 heavy (non-hydrogen) atoms. The van der Waals surface area contributed by atoms with Crippen LogP contribution in [0.25, 0.3) is 11.0 Å². The van der Waals surface area contributed by atoms with Crippen LogP contribution in [0, 0.1) is 18.8 Å². The maximum absolute atomic E-state index is 12.3. The van der Waals surface area contributed by atoms with Crippen molar-refractivity contribution < 1.29 is 23.8 Å². The minimum Gasteiger partial charge on any atom is -0.481 e. The summed E-state index contributed by atoms with van der Waals surface area (Å²) in [5.74, 6) is -1.66. The van der Waals surface area contributed by atoms with Gasteiger partial charge in [0.1, 0.15) is 5.58 Å². The molecule has 2 aromatic rings. The van der Waals surface area contributed by atoms with Gasteiger partial charge in [-0.05, 0) is 43.9 Å². The van der Waals surface area contributed by atoms with Crippen molar-refractivity contribution in [2.45, 2.75) is 19.8 Å². The lowest BCUT2D eigenvalue weighted by Crippen LogP contribution is -2.38. The van der Waals surface area contributed by atoms with E-state index in [4.69, 9.17) is 9.15 Å². The van der Waals surface area contributed by atoms with Gasteiger partial charge < -0.3 is 19.6 Å². The number of nitrogens with one attached hydrogen (secondary N) is 1. The number of amides is 1. The van der Waals surface area contributed by atoms with E-state index in [9.17, 15) is 14.7 Å². The van der Waals surface area contributed by atoms with Crippen LogP contribution >= 0.6 is 0 Å². The van der Waals surface area contributed by atoms with Gasteiger partial charge in [-0.1, -0.05) is 11.6 Å². The predicted molar refractivity (Wildman–Crippen MR) is 88.0 cm³/mol. The Morgan fingerprint density at radius 2 is 2.04 bits per heavy atom. The fourth-order valence-corrected chi connectivity index (χ4v) is 3.14. The average molecular weight is 331 g/mol. The van der Waals surface area contributed by atoms with Gasteiger partial charge in [-0.3, -0.25) is 9.59 Å². The van der Waals surface area contributed by atoms with Crippen LogP contribution < -0.4 is 5.32 Å². The van der Waals surface area contributed by atoms with E-state index in [1.165, 1.54) is 0 Å². The molecule has 1 unspecified atom stereocenters. The van der Waals surface area contributed by atoms with Crippen LogP contribution in [-0.2, 0) is 9.53 Å². The highest BCUT2D eigenvalue weighted by atomic mass is 16.5. The summed E-state index contributed by atoms with van der Waals surface area (Å²) in [6.07, 6.45) is 1.41. The van der Waals surface area contributed by atoms with E-state index in [0.717, 1.165) is 10.9 Å². The van der Waals surface area contributed by atoms with Crippen molar-refractivity contribution in [2.24, 2.45) is 11.8 Å². The van der Waals surface area contributed by atoms with Crippen LogP contribution in [0.3, 0.4) is 0 Å². The summed E-state index contributed by atoms with van der Waals surface area (Å²) in [5, 5.41) is 13.0. The third kappa shape index (κ3) is 3.59. The third-order valence-electron chi connectivity index (χ3n) is 4.53. The molecule has 1 aliphatic heterocycles. The molecule has 0 saturated carbocycles. The molecule has 3 rings (SSSR count). The zero-order chi connectivity index (χ0) is 17.1. The number of aryl methyl sites for hydroxylation is 1. The van der Waals surface area contributed by atoms with Crippen molar-refractivity contribution in [2.75, 3.05) is 19.8 Å². The van der Waals surface area contributed by atoms with Gasteiger partial charge >= 0.3 is 5.97 Å². The molecule has 2 N–H and O–H groups in total. The number of benzene rings is 1. The van der Waals surface area contributed by atoms with Crippen LogP contribution in [0.15, 0.2) is 28.7 Å². The summed E-state index contributed by atoms with van der Waals surface area (Å²) in [4.78, 5) is 23.8. The van der Waals surface area contributed by atoms with Gasteiger partial charge in [0.15, 0.2) is 5.76 Å². The number of hydrogen-bond acceptors (Lipinski definition) is 4. The summed E-state index contributed by atoms with van der Waals surface area (Å²) in [6, 6.07) is 7.36. The summed E-state index contributed by atoms with van der Waals surface area (Å²) in [6.45, 7) is 3.21. The normalized spacial score (nSPS) is 16.9. The highest BCUT2D eigenvalue weighted by molar-refractivity contribution is 5.96. The molecular weight excluding hydrogens is 310 g/mol. The molecule has 1 aromatic heterocycles. The molecule has 0 bridgehead atoms. The van der Waals surface area contributed by atoms with Crippen molar-refractivity contribution in [3.63, 3.8) is 0 Å². The van der Waals surface area contributed by atoms with Crippen molar-refractivity contribution in [3.8, 4) is 0 Å². The fraction of sp³-hybridized carbons (Fsp3) is 0.444. The third-order valence-corrected chi connectivity index (χ3v) is 4.53. The number of fused-ring (bicyclic) bond motifs is 1. The quantitative estimate of drug-likeness (QED) is 0.879. The highest BCUT2D eigenvalue weighted by Crippen LogP contribution is 2.24. The smallest absolute Gasteiger partial charge is 0.308 e. The minimum absolute atomic E-state index is 0.0230. The fourth-order valence-electron chi connectivity index (χ4n) is 3.14. The van der Waals surface area contributed by atoms with Crippen LogP contribution in [0.1, 0.15) is 29.0 Å². The zero-order valence-corrected chi connectivity index (χ0v) is 13.6. The second-order valence-electron chi connectivity index (χ2n) is 6.26. The van der Waals surface area contributed by atoms with E-state index in [1.54, 1.807) is 6.07 Å². The van der Waals surface area contributed by atoms with Gasteiger partial charge in [0.25, 0.3) is 5.91 Å². The van der Waals surface area contributed by atoms with Gasteiger partial charge in [0.05, 0.1) is 5.92 Å². The van der Waals surface area contributed by atoms with Gasteiger partial charge in [-0.15, -0.1) is 0 Å². The average Bonchev–Trinajstić information content (AvgIpc) is 2.98. The standard InChI is InChI=1S/C18H21NO5/c1-11-2-3-15-13(8-11)9-16(24-15)17(20)19-10-14(18(21)22)12-4-6-23-7-5-12/h2-3,8-9,12,14H,4-7,10H2,1H3,(H,19,20)(H,21,22). The molecule has 1 aliphatic rings. The van der Waals surface area contributed by atoms with E-state index >= 15 is 0 Å². The Morgan fingerprint density at radius 1 is 1.29 bits per heavy atom. The molecule has 0 aliphatic carbocycles. The van der Waals surface area contributed by atoms with Crippen LogP contribution in [-0.4, -0.2) is 36.7 Å². The Hall–Kier alpha value is -2.34. The van der Waals surface area contributed by atoms with Crippen molar-refractivity contribution >= 4 is 22.8 Å². The molecule has 1 saturated heterocycles. The first-order valence-electron chi connectivity index (χ1n) is 8.13. The number of carbonyl (C=O) groups is 2. The lowest BCUT2D eigenvalue weighted by atomic mass is 9.86. The molecular formula is C18H21NO5. The van der Waals surface area contributed by atoms with E-state index < -0.39 is 11.9 Å². The SMILES string of the molecule is Cc1ccc2oc(C(=O)NCC(C(=O)O)C3CCOCC3)cc2c1. The zero-order valence-electron chi connectivity index (χ0n) is 13.6. The van der Waals surface area contributed by atoms with Crippen molar-refractivity contribution in [3.05, 3.63) is 35.6 Å². The van der Waals surface area contributed by atoms with E-state index in [1.807, 2.05) is 25.1 Å². The molecule has 2 heterocycles. The summed E-state index contributed by atoms with van der Waals surface area (Å²) in [7, 11) is 0. The van der Waals surface area contributed by atoms with Gasteiger partial charge in [0.2, 0.25) is 0 Å². The van der Waals surface area contributed by atoms with Gasteiger partial charge in [0, 0.05) is 25.1 Å². The Labute approximate surface area is 139 Å². The number of furan rings is 1. The Balaban J connectivity index is 1.67. The van der Waals surface area contributed by atoms with Crippen LogP contribution in [0.4, 0.5) is 0 Å². The number of carboxylic acids is 1. The molecule has 1 aromatic carbocycles. The molecule has 1 amide bonds. The van der Waals surface area contributed by atoms with Gasteiger partial charge in [-0.2, -0.15) is 0 Å². The Kier molecular flexibility index (Phi) is 4.85. The maximum Gasteiger partial charge on any atom is 0.308 e. The first kappa shape index (κ1) is 16.5. The molecule has 0 radical (unpaired) electrons. The largest absolute Gasteiger partial charge is 0.481 e. The Bertz CT molecular complexity index is 745. The molecule has 0 spiro atoms. The topological polar surface area (TPSA) is 88.8 Å². The molecule has 128 valence electrons. The van der Waals surface area contributed by atoms with Crippen molar-refractivity contribution in [1.29, 1.82) is 0 Å². The molecule has 6 nitrogen and oxygen atoms in total. The predicted octanol–water partition coefficient (Wildman–Crippen LogP) is 2.60. The molecule has 1 atom stereocenters.